The van der Waals surface area contributed by atoms with Crippen LogP contribution in [0, 0.1) is 0 Å². The fraction of sp³-hybridized carbons (Fsp3) is 0. The zero-order valence-electron chi connectivity index (χ0n) is 2.01. The van der Waals surface area contributed by atoms with Crippen molar-refractivity contribution >= 4 is 14.9 Å². The lowest BCUT2D eigenvalue weighted by molar-refractivity contribution is -0.122. The summed E-state index contributed by atoms with van der Waals surface area (Å²) in [4.78, 5) is 8.36. The molecule has 2 nitrogen and oxygen atoms in total. The molecule has 0 saturated heterocycles. The minimum atomic E-state index is -0.250. The summed E-state index contributed by atoms with van der Waals surface area (Å²) in [7, 11) is 0. The van der Waals surface area contributed by atoms with Crippen molar-refractivity contribution in [2.75, 3.05) is 0 Å². The third kappa shape index (κ3) is 2.03. The van der Waals surface area contributed by atoms with Gasteiger partial charge in [-0.25, -0.2) is 0 Å². The topological polar surface area (TPSA) is 37.3 Å². The van der Waals surface area contributed by atoms with Crippen LogP contribution in [0.4, 0.5) is 0 Å². The van der Waals surface area contributed by atoms with Gasteiger partial charge in [-0.05, 0) is 0 Å². The molecular formula is CH2BO2. The molecule has 0 saturated carbocycles. The summed E-state index contributed by atoms with van der Waals surface area (Å²) in [5.41, 5.74) is 0. The van der Waals surface area contributed by atoms with Crippen molar-refractivity contribution in [2.45, 2.75) is 0 Å². The first-order chi connectivity index (χ1) is 1.41. The van der Waals surface area contributed by atoms with Gasteiger partial charge in [0.15, 0.2) is 0 Å². The van der Waals surface area contributed by atoms with Crippen LogP contribution in [0.3, 0.4) is 0 Å². The van der Waals surface area contributed by atoms with Crippen LogP contribution in [0.2, 0.25) is 0 Å². The van der Waals surface area contributed by atoms with E-state index >= 15 is 0 Å². The van der Waals surface area contributed by atoms with Gasteiger partial charge in [-0.3, -0.25) is 4.79 Å². The molecule has 0 aliphatic heterocycles. The number of carboxylic acid groups (broad SMARTS) is 1. The van der Waals surface area contributed by atoms with Crippen molar-refractivity contribution in [3.8, 4) is 0 Å². The van der Waals surface area contributed by atoms with E-state index in [4.69, 9.17) is 9.90 Å². The average molecular weight is 56.8 g/mol. The molecule has 3 radical (unpaired) electrons. The fourth-order valence-electron chi connectivity index (χ4n) is 0. The van der Waals surface area contributed by atoms with E-state index in [2.05, 4.69) is 0 Å². The SMILES string of the molecule is O=CO.[B]. The van der Waals surface area contributed by atoms with Gasteiger partial charge < -0.3 is 5.11 Å². The van der Waals surface area contributed by atoms with Gasteiger partial charge in [0, 0.05) is 8.41 Å². The molecule has 0 aliphatic rings. The maximum atomic E-state index is 8.36. The molecule has 0 atom stereocenters. The van der Waals surface area contributed by atoms with Gasteiger partial charge >= 0.3 is 0 Å². The zero-order valence-corrected chi connectivity index (χ0v) is 2.01. The lowest BCUT2D eigenvalue weighted by Gasteiger charge is -1.34. The molecule has 0 rings (SSSR count). The Bertz CT molecular complexity index is 13.5. The first-order valence-electron chi connectivity index (χ1n) is 0.494. The molecule has 0 heterocycles. The summed E-state index contributed by atoms with van der Waals surface area (Å²) in [5, 5.41) is 6.89. The highest BCUT2D eigenvalue weighted by atomic mass is 16.3. The predicted molar refractivity (Wildman–Crippen MR) is 14.4 cm³/mol. The van der Waals surface area contributed by atoms with Crippen LogP contribution in [0.25, 0.3) is 0 Å². The summed E-state index contributed by atoms with van der Waals surface area (Å²) in [6, 6.07) is 0. The summed E-state index contributed by atoms with van der Waals surface area (Å²) >= 11 is 0. The minimum absolute atomic E-state index is 0. The summed E-state index contributed by atoms with van der Waals surface area (Å²) in [6.07, 6.45) is 0. The van der Waals surface area contributed by atoms with Crippen molar-refractivity contribution in [1.82, 2.24) is 0 Å². The highest BCUT2D eigenvalue weighted by molar-refractivity contribution is 5.75. The van der Waals surface area contributed by atoms with Gasteiger partial charge in [-0.1, -0.05) is 0 Å². The summed E-state index contributed by atoms with van der Waals surface area (Å²) in [6.45, 7) is -0.250. The van der Waals surface area contributed by atoms with E-state index in [9.17, 15) is 0 Å². The van der Waals surface area contributed by atoms with Crippen molar-refractivity contribution in [1.29, 1.82) is 0 Å². The Morgan fingerprint density at radius 3 is 1.75 bits per heavy atom. The normalized spacial score (nSPS) is 3.00. The molecule has 0 aromatic rings. The predicted octanol–water partition coefficient (Wildman–Crippen LogP) is -0.680. The first kappa shape index (κ1) is 9.64. The Balaban J connectivity index is 0. The van der Waals surface area contributed by atoms with E-state index < -0.39 is 0 Å². The molecule has 1 N–H and O–H groups in total. The van der Waals surface area contributed by atoms with Gasteiger partial charge in [0.05, 0.1) is 0 Å². The van der Waals surface area contributed by atoms with Crippen molar-refractivity contribution in [2.24, 2.45) is 0 Å². The van der Waals surface area contributed by atoms with Crippen LogP contribution in [0.1, 0.15) is 0 Å². The second kappa shape index (κ2) is 20.9. The minimum Gasteiger partial charge on any atom is -0.483 e. The van der Waals surface area contributed by atoms with E-state index in [1.54, 1.807) is 0 Å². The molecule has 4 heavy (non-hydrogen) atoms. The van der Waals surface area contributed by atoms with Crippen LogP contribution >= 0.6 is 0 Å². The third-order valence-corrected chi connectivity index (χ3v) is 0. The first-order valence-corrected chi connectivity index (χ1v) is 0.494. The zero-order chi connectivity index (χ0) is 2.71. The Morgan fingerprint density at radius 1 is 1.75 bits per heavy atom. The Kier molecular flexibility index (Phi) is 50.3. The quantitative estimate of drug-likeness (QED) is 0.295. The van der Waals surface area contributed by atoms with Gasteiger partial charge in [-0.2, -0.15) is 0 Å². The molecule has 3 heteroatoms. The Hall–Kier alpha value is -0.465. The lowest BCUT2D eigenvalue weighted by atomic mass is 10.8. The highest BCUT2D eigenvalue weighted by Crippen LogP contribution is 0.966. The van der Waals surface area contributed by atoms with Crippen molar-refractivity contribution < 1.29 is 9.90 Å². The van der Waals surface area contributed by atoms with Gasteiger partial charge in [-0.15, -0.1) is 0 Å². The smallest absolute Gasteiger partial charge is 0.290 e. The third-order valence-electron chi connectivity index (χ3n) is 0. The van der Waals surface area contributed by atoms with Gasteiger partial charge in [0.25, 0.3) is 6.47 Å². The molecule has 0 unspecified atom stereocenters. The number of hydrogen-bond donors (Lipinski definition) is 1. The molecule has 0 aromatic heterocycles. The van der Waals surface area contributed by atoms with Crippen LogP contribution in [-0.2, 0) is 4.79 Å². The molecular weight excluding hydrogens is 54.8 g/mol. The highest BCUT2D eigenvalue weighted by Gasteiger charge is 1.22. The molecule has 0 aromatic carbocycles. The Morgan fingerprint density at radius 2 is 1.75 bits per heavy atom. The second-order valence-electron chi connectivity index (χ2n) is 0.105. The average Bonchev–Trinajstić information content (AvgIpc) is 0.918. The monoisotopic (exact) mass is 57.0 g/mol. The van der Waals surface area contributed by atoms with Gasteiger partial charge in [0.1, 0.15) is 0 Å². The second-order valence-corrected chi connectivity index (χ2v) is 0.105. The fourth-order valence-corrected chi connectivity index (χ4v) is 0. The van der Waals surface area contributed by atoms with E-state index in [-0.39, 0.29) is 14.9 Å². The number of carbonyl (C=O) groups is 1. The van der Waals surface area contributed by atoms with Gasteiger partial charge in [0.2, 0.25) is 0 Å². The summed E-state index contributed by atoms with van der Waals surface area (Å²) in [5.74, 6) is 0. The molecule has 21 valence electrons. The molecule has 0 fully saturated rings. The van der Waals surface area contributed by atoms with E-state index in [1.807, 2.05) is 0 Å². The largest absolute Gasteiger partial charge is 0.483 e. The molecule has 0 aliphatic carbocycles. The van der Waals surface area contributed by atoms with Crippen LogP contribution in [0.5, 0.6) is 0 Å². The summed E-state index contributed by atoms with van der Waals surface area (Å²) < 4.78 is 0. The maximum absolute atomic E-state index is 8.36. The van der Waals surface area contributed by atoms with E-state index in [0.717, 1.165) is 0 Å². The molecule has 0 bridgehead atoms. The maximum Gasteiger partial charge on any atom is 0.290 e. The lowest BCUT2D eigenvalue weighted by Crippen LogP contribution is -1.49. The van der Waals surface area contributed by atoms with Crippen LogP contribution < -0.4 is 0 Å². The number of rotatable bonds is 0. The molecule has 0 spiro atoms. The Labute approximate surface area is 26.0 Å². The van der Waals surface area contributed by atoms with E-state index in [1.165, 1.54) is 0 Å². The number of hydrogen-bond acceptors (Lipinski definition) is 1. The van der Waals surface area contributed by atoms with Crippen molar-refractivity contribution in [3.05, 3.63) is 0 Å². The van der Waals surface area contributed by atoms with Crippen molar-refractivity contribution in [3.63, 3.8) is 0 Å². The molecule has 0 amide bonds. The van der Waals surface area contributed by atoms with Crippen LogP contribution in [0.15, 0.2) is 0 Å². The van der Waals surface area contributed by atoms with Crippen LogP contribution in [-0.4, -0.2) is 20.0 Å². The van der Waals surface area contributed by atoms with E-state index in [0.29, 0.717) is 0 Å². The standard InChI is InChI=1S/CH2O2.B/c2-1-3;/h1H,(H,2,3);.